The number of anilines is 1. The van der Waals surface area contributed by atoms with Gasteiger partial charge in [-0.05, 0) is 25.0 Å². The first-order valence-electron chi connectivity index (χ1n) is 4.60. The summed E-state index contributed by atoms with van der Waals surface area (Å²) in [6.45, 7) is 5.13. The Labute approximate surface area is 84.3 Å². The summed E-state index contributed by atoms with van der Waals surface area (Å²) in [6, 6.07) is 2.02. The number of unbranched alkanes of at least 4 members (excludes halogenated alkanes) is 1. The zero-order valence-electron chi connectivity index (χ0n) is 8.10. The van der Waals surface area contributed by atoms with Gasteiger partial charge in [-0.2, -0.15) is 0 Å². The summed E-state index contributed by atoms with van der Waals surface area (Å²) >= 11 is 5.90. The number of nitrogens with one attached hydrogen (secondary N) is 1. The molecule has 0 amide bonds. The number of halogens is 1. The molecule has 0 atom stereocenters. The van der Waals surface area contributed by atoms with Crippen LogP contribution in [0.25, 0.3) is 0 Å². The van der Waals surface area contributed by atoms with E-state index >= 15 is 0 Å². The number of pyridine rings is 1. The lowest BCUT2D eigenvalue weighted by atomic mass is 10.3. The average Bonchev–Trinajstić information content (AvgIpc) is 2.11. The van der Waals surface area contributed by atoms with Crippen molar-refractivity contribution in [3.63, 3.8) is 0 Å². The molecule has 0 spiro atoms. The molecule has 0 aliphatic heterocycles. The summed E-state index contributed by atoms with van der Waals surface area (Å²) in [5, 5.41) is 3.82. The van der Waals surface area contributed by atoms with Crippen molar-refractivity contribution in [3.8, 4) is 0 Å². The van der Waals surface area contributed by atoms with Crippen molar-refractivity contribution in [1.29, 1.82) is 0 Å². The normalized spacial score (nSPS) is 10.1. The van der Waals surface area contributed by atoms with E-state index in [1.807, 2.05) is 13.0 Å². The van der Waals surface area contributed by atoms with Gasteiger partial charge < -0.3 is 5.32 Å². The second kappa shape index (κ2) is 5.07. The van der Waals surface area contributed by atoms with E-state index in [0.717, 1.165) is 24.2 Å². The van der Waals surface area contributed by atoms with Gasteiger partial charge in [0.1, 0.15) is 0 Å². The maximum absolute atomic E-state index is 5.90. The van der Waals surface area contributed by atoms with E-state index < -0.39 is 0 Å². The molecule has 0 aliphatic carbocycles. The summed E-state index contributed by atoms with van der Waals surface area (Å²) in [5.41, 5.74) is 2.07. The van der Waals surface area contributed by atoms with Crippen molar-refractivity contribution >= 4 is 17.3 Å². The van der Waals surface area contributed by atoms with E-state index in [0.29, 0.717) is 5.15 Å². The van der Waals surface area contributed by atoms with E-state index in [1.165, 1.54) is 6.42 Å². The third kappa shape index (κ3) is 3.23. The fourth-order valence-corrected chi connectivity index (χ4v) is 1.25. The summed E-state index contributed by atoms with van der Waals surface area (Å²) in [6.07, 6.45) is 4.11. The molecule has 1 aromatic rings. The highest BCUT2D eigenvalue weighted by molar-refractivity contribution is 6.31. The lowest BCUT2D eigenvalue weighted by molar-refractivity contribution is 0.833. The molecule has 0 saturated heterocycles. The second-order valence-corrected chi connectivity index (χ2v) is 3.49. The van der Waals surface area contributed by atoms with Crippen molar-refractivity contribution in [3.05, 3.63) is 23.0 Å². The molecule has 0 radical (unpaired) electrons. The Kier molecular flexibility index (Phi) is 4.03. The third-order valence-corrected chi connectivity index (χ3v) is 2.12. The summed E-state index contributed by atoms with van der Waals surface area (Å²) in [7, 11) is 0. The fourth-order valence-electron chi connectivity index (χ4n) is 1.08. The van der Waals surface area contributed by atoms with Crippen LogP contribution in [0, 0.1) is 6.92 Å². The second-order valence-electron chi connectivity index (χ2n) is 3.13. The highest BCUT2D eigenvalue weighted by Gasteiger charge is 1.99. The largest absolute Gasteiger partial charge is 0.383 e. The Morgan fingerprint density at radius 1 is 1.54 bits per heavy atom. The quantitative estimate of drug-likeness (QED) is 0.594. The van der Waals surface area contributed by atoms with Crippen molar-refractivity contribution in [2.24, 2.45) is 0 Å². The molecule has 0 aliphatic rings. The summed E-state index contributed by atoms with van der Waals surface area (Å²) in [5.74, 6) is 0. The highest BCUT2D eigenvalue weighted by atomic mass is 35.5. The summed E-state index contributed by atoms with van der Waals surface area (Å²) in [4.78, 5) is 4.06. The van der Waals surface area contributed by atoms with Crippen molar-refractivity contribution < 1.29 is 0 Å². The van der Waals surface area contributed by atoms with Gasteiger partial charge in [0.2, 0.25) is 0 Å². The molecular weight excluding hydrogens is 184 g/mol. The number of nitrogens with zero attached hydrogens (tertiary/aromatic N) is 1. The Hall–Kier alpha value is -0.760. The van der Waals surface area contributed by atoms with Crippen LogP contribution in [0.2, 0.25) is 5.15 Å². The van der Waals surface area contributed by atoms with Gasteiger partial charge in [-0.1, -0.05) is 24.9 Å². The first-order valence-corrected chi connectivity index (χ1v) is 4.98. The Balaban J connectivity index is 2.59. The Bertz CT molecular complexity index is 274. The maximum Gasteiger partial charge on any atom is 0.152 e. The smallest absolute Gasteiger partial charge is 0.152 e. The van der Waals surface area contributed by atoms with Crippen molar-refractivity contribution in [2.45, 2.75) is 26.7 Å². The van der Waals surface area contributed by atoms with Crippen LogP contribution in [0.1, 0.15) is 25.3 Å². The predicted octanol–water partition coefficient (Wildman–Crippen LogP) is 3.26. The van der Waals surface area contributed by atoms with Gasteiger partial charge in [0, 0.05) is 12.7 Å². The molecule has 0 saturated carbocycles. The molecule has 0 fully saturated rings. The lowest BCUT2D eigenvalue weighted by Crippen LogP contribution is -2.02. The molecule has 72 valence electrons. The topological polar surface area (TPSA) is 24.9 Å². The SMILES string of the molecule is CCCCNc1cc(C)cnc1Cl. The van der Waals surface area contributed by atoms with Crippen LogP contribution >= 0.6 is 11.6 Å². The molecule has 0 aromatic carbocycles. The van der Waals surface area contributed by atoms with Crippen LogP contribution in [-0.2, 0) is 0 Å². The van der Waals surface area contributed by atoms with Gasteiger partial charge in [-0.3, -0.25) is 0 Å². The van der Waals surface area contributed by atoms with Crippen molar-refractivity contribution in [1.82, 2.24) is 4.98 Å². The van der Waals surface area contributed by atoms with E-state index in [-0.39, 0.29) is 0 Å². The Morgan fingerprint density at radius 3 is 3.00 bits per heavy atom. The molecule has 3 heteroatoms. The maximum atomic E-state index is 5.90. The van der Waals surface area contributed by atoms with E-state index in [4.69, 9.17) is 11.6 Å². The third-order valence-electron chi connectivity index (χ3n) is 1.82. The van der Waals surface area contributed by atoms with Crippen LogP contribution in [0.15, 0.2) is 12.3 Å². The minimum atomic E-state index is 0.557. The molecule has 13 heavy (non-hydrogen) atoms. The van der Waals surface area contributed by atoms with Gasteiger partial charge in [0.15, 0.2) is 5.15 Å². The number of hydrogen-bond donors (Lipinski definition) is 1. The predicted molar refractivity (Wildman–Crippen MR) is 57.4 cm³/mol. The molecule has 1 rings (SSSR count). The first-order chi connectivity index (χ1) is 6.24. The van der Waals surface area contributed by atoms with E-state index in [9.17, 15) is 0 Å². The Morgan fingerprint density at radius 2 is 2.31 bits per heavy atom. The number of aromatic nitrogens is 1. The van der Waals surface area contributed by atoms with E-state index in [1.54, 1.807) is 6.20 Å². The number of rotatable bonds is 4. The van der Waals surface area contributed by atoms with Crippen LogP contribution in [-0.4, -0.2) is 11.5 Å². The van der Waals surface area contributed by atoms with Gasteiger partial charge in [-0.25, -0.2) is 4.98 Å². The summed E-state index contributed by atoms with van der Waals surface area (Å²) < 4.78 is 0. The zero-order chi connectivity index (χ0) is 9.68. The highest BCUT2D eigenvalue weighted by Crippen LogP contribution is 2.19. The van der Waals surface area contributed by atoms with Gasteiger partial charge >= 0.3 is 0 Å². The minimum Gasteiger partial charge on any atom is -0.383 e. The van der Waals surface area contributed by atoms with Crippen LogP contribution in [0.4, 0.5) is 5.69 Å². The van der Waals surface area contributed by atoms with Crippen LogP contribution < -0.4 is 5.32 Å². The standard InChI is InChI=1S/C10H15ClN2/c1-3-4-5-12-9-6-8(2)7-13-10(9)11/h6-7,12H,3-5H2,1-2H3. The van der Waals surface area contributed by atoms with Crippen LogP contribution in [0.5, 0.6) is 0 Å². The molecule has 2 nitrogen and oxygen atoms in total. The molecule has 1 N–H and O–H groups in total. The number of aryl methyl sites for hydroxylation is 1. The van der Waals surface area contributed by atoms with Gasteiger partial charge in [-0.15, -0.1) is 0 Å². The monoisotopic (exact) mass is 198 g/mol. The van der Waals surface area contributed by atoms with Gasteiger partial charge in [0.25, 0.3) is 0 Å². The van der Waals surface area contributed by atoms with Crippen LogP contribution in [0.3, 0.4) is 0 Å². The molecular formula is C10H15ClN2. The lowest BCUT2D eigenvalue weighted by Gasteiger charge is -2.07. The molecule has 0 bridgehead atoms. The molecule has 1 aromatic heterocycles. The van der Waals surface area contributed by atoms with Gasteiger partial charge in [0.05, 0.1) is 5.69 Å². The fraction of sp³-hybridized carbons (Fsp3) is 0.500. The number of hydrogen-bond acceptors (Lipinski definition) is 2. The van der Waals surface area contributed by atoms with E-state index in [2.05, 4.69) is 17.2 Å². The molecule has 0 unspecified atom stereocenters. The first kappa shape index (κ1) is 10.3. The minimum absolute atomic E-state index is 0.557. The van der Waals surface area contributed by atoms with Crippen molar-refractivity contribution in [2.75, 3.05) is 11.9 Å². The molecule has 1 heterocycles. The average molecular weight is 199 g/mol. The zero-order valence-corrected chi connectivity index (χ0v) is 8.86.